The molecule has 19 heavy (non-hydrogen) atoms. The van der Waals surface area contributed by atoms with E-state index in [9.17, 15) is 0 Å². The Bertz CT molecular complexity index is 623. The van der Waals surface area contributed by atoms with Gasteiger partial charge in [0.1, 0.15) is 17.6 Å². The van der Waals surface area contributed by atoms with Crippen LogP contribution >= 0.6 is 0 Å². The number of aromatic nitrogens is 2. The van der Waals surface area contributed by atoms with Gasteiger partial charge in [-0.3, -0.25) is 0 Å². The Labute approximate surface area is 113 Å². The lowest BCUT2D eigenvalue weighted by Crippen LogP contribution is -1.96. The molecule has 0 unspecified atom stereocenters. The molecule has 0 saturated carbocycles. The van der Waals surface area contributed by atoms with E-state index in [1.54, 1.807) is 7.11 Å². The summed E-state index contributed by atoms with van der Waals surface area (Å²) in [5.74, 6) is 1.69. The minimum atomic E-state index is 0.503. The first kappa shape index (κ1) is 13.2. The number of nitrogens with one attached hydrogen (secondary N) is 1. The zero-order chi connectivity index (χ0) is 13.8. The van der Waals surface area contributed by atoms with Crippen molar-refractivity contribution in [3.63, 3.8) is 0 Å². The highest BCUT2D eigenvalue weighted by Crippen LogP contribution is 2.19. The second kappa shape index (κ2) is 5.57. The molecule has 0 fully saturated rings. The molecule has 4 heteroatoms. The van der Waals surface area contributed by atoms with E-state index in [-0.39, 0.29) is 0 Å². The quantitative estimate of drug-likeness (QED) is 0.913. The average Bonchev–Trinajstić information content (AvgIpc) is 2.77. The lowest BCUT2D eigenvalue weighted by molar-refractivity contribution is 0.411. The van der Waals surface area contributed by atoms with Crippen LogP contribution in [0, 0.1) is 25.2 Å². The molecule has 1 aromatic carbocycles. The number of ether oxygens (including phenoxy) is 1. The number of H-pyrrole nitrogens is 1. The van der Waals surface area contributed by atoms with Gasteiger partial charge >= 0.3 is 0 Å². The monoisotopic (exact) mass is 255 g/mol. The molecule has 1 aromatic heterocycles. The molecule has 1 heterocycles. The molecule has 0 radical (unpaired) electrons. The first-order chi connectivity index (χ1) is 9.13. The first-order valence-electron chi connectivity index (χ1n) is 6.23. The number of aromatic amines is 1. The van der Waals surface area contributed by atoms with E-state index in [0.29, 0.717) is 5.69 Å². The molecule has 2 rings (SSSR count). The fourth-order valence-corrected chi connectivity index (χ4v) is 2.18. The Hall–Kier alpha value is -2.28. The Morgan fingerprint density at radius 2 is 2.11 bits per heavy atom. The van der Waals surface area contributed by atoms with Crippen molar-refractivity contribution in [2.24, 2.45) is 0 Å². The second-order valence-corrected chi connectivity index (χ2v) is 4.57. The van der Waals surface area contributed by atoms with Crippen LogP contribution < -0.4 is 4.74 Å². The molecule has 2 aromatic rings. The van der Waals surface area contributed by atoms with Gasteiger partial charge in [0.2, 0.25) is 0 Å². The molecular formula is C15H17N3O. The van der Waals surface area contributed by atoms with E-state index in [2.05, 4.69) is 28.2 Å². The van der Waals surface area contributed by atoms with Crippen LogP contribution in [-0.2, 0) is 12.8 Å². The fourth-order valence-electron chi connectivity index (χ4n) is 2.18. The smallest absolute Gasteiger partial charge is 0.161 e. The van der Waals surface area contributed by atoms with Crippen LogP contribution in [0.3, 0.4) is 0 Å². The number of methoxy groups -OCH3 is 1. The topological polar surface area (TPSA) is 61.7 Å². The lowest BCUT2D eigenvalue weighted by Gasteiger charge is -2.07. The normalized spacial score (nSPS) is 10.2. The molecule has 0 atom stereocenters. The number of benzene rings is 1. The number of hydrogen-bond acceptors (Lipinski definition) is 3. The van der Waals surface area contributed by atoms with Crippen LogP contribution in [0.5, 0.6) is 5.75 Å². The maximum atomic E-state index is 8.99. The predicted molar refractivity (Wildman–Crippen MR) is 73.2 cm³/mol. The predicted octanol–water partition coefficient (Wildman–Crippen LogP) is 2.69. The molecule has 0 amide bonds. The van der Waals surface area contributed by atoms with Gasteiger partial charge in [0.05, 0.1) is 12.8 Å². The maximum Gasteiger partial charge on any atom is 0.161 e. The molecule has 98 valence electrons. The van der Waals surface area contributed by atoms with Gasteiger partial charge in [0.25, 0.3) is 0 Å². The number of hydrogen-bond donors (Lipinski definition) is 1. The Morgan fingerprint density at radius 3 is 2.74 bits per heavy atom. The van der Waals surface area contributed by atoms with E-state index in [0.717, 1.165) is 35.7 Å². The third kappa shape index (κ3) is 2.94. The molecule has 0 aliphatic rings. The van der Waals surface area contributed by atoms with Crippen molar-refractivity contribution in [2.45, 2.75) is 26.7 Å². The van der Waals surface area contributed by atoms with Gasteiger partial charge in [0.15, 0.2) is 5.69 Å². The fraction of sp³-hybridized carbons (Fsp3) is 0.333. The van der Waals surface area contributed by atoms with E-state index in [1.165, 1.54) is 5.56 Å². The highest BCUT2D eigenvalue weighted by Gasteiger charge is 2.08. The van der Waals surface area contributed by atoms with Crippen molar-refractivity contribution in [1.82, 2.24) is 9.97 Å². The Morgan fingerprint density at radius 1 is 1.32 bits per heavy atom. The minimum absolute atomic E-state index is 0.503. The summed E-state index contributed by atoms with van der Waals surface area (Å²) in [6, 6.07) is 8.28. The van der Waals surface area contributed by atoms with E-state index in [1.807, 2.05) is 19.9 Å². The maximum absolute atomic E-state index is 8.99. The standard InChI is InChI=1S/C15H17N3O/c1-10-8-12(5-7-15(10)19-3)4-6-13-14(9-16)18-11(2)17-13/h5,7-8H,4,6H2,1-3H3,(H,17,18). The van der Waals surface area contributed by atoms with Gasteiger partial charge in [-0.05, 0) is 43.9 Å². The molecule has 0 spiro atoms. The van der Waals surface area contributed by atoms with Crippen LogP contribution in [0.25, 0.3) is 0 Å². The summed E-state index contributed by atoms with van der Waals surface area (Å²) in [6.07, 6.45) is 1.66. The second-order valence-electron chi connectivity index (χ2n) is 4.57. The Balaban J connectivity index is 2.10. The van der Waals surface area contributed by atoms with Crippen LogP contribution in [0.15, 0.2) is 18.2 Å². The van der Waals surface area contributed by atoms with E-state index >= 15 is 0 Å². The summed E-state index contributed by atoms with van der Waals surface area (Å²) in [7, 11) is 1.68. The molecule has 0 saturated heterocycles. The highest BCUT2D eigenvalue weighted by atomic mass is 16.5. The van der Waals surface area contributed by atoms with Crippen molar-refractivity contribution in [3.05, 3.63) is 46.5 Å². The Kier molecular flexibility index (Phi) is 3.86. The third-order valence-electron chi connectivity index (χ3n) is 3.13. The highest BCUT2D eigenvalue weighted by molar-refractivity contribution is 5.37. The van der Waals surface area contributed by atoms with Gasteiger partial charge in [-0.1, -0.05) is 12.1 Å². The molecule has 0 aliphatic carbocycles. The first-order valence-corrected chi connectivity index (χ1v) is 6.23. The summed E-state index contributed by atoms with van der Waals surface area (Å²) in [5, 5.41) is 8.99. The summed E-state index contributed by atoms with van der Waals surface area (Å²) in [5.41, 5.74) is 3.77. The van der Waals surface area contributed by atoms with Gasteiger partial charge in [0, 0.05) is 0 Å². The van der Waals surface area contributed by atoms with Crippen molar-refractivity contribution in [1.29, 1.82) is 5.26 Å². The molecule has 1 N–H and O–H groups in total. The summed E-state index contributed by atoms with van der Waals surface area (Å²) < 4.78 is 5.24. The van der Waals surface area contributed by atoms with Gasteiger partial charge in [-0.25, -0.2) is 4.98 Å². The number of aryl methyl sites for hydroxylation is 4. The molecule has 0 bridgehead atoms. The van der Waals surface area contributed by atoms with Gasteiger partial charge in [-0.15, -0.1) is 0 Å². The van der Waals surface area contributed by atoms with Crippen LogP contribution in [0.2, 0.25) is 0 Å². The largest absolute Gasteiger partial charge is 0.496 e. The van der Waals surface area contributed by atoms with Gasteiger partial charge in [-0.2, -0.15) is 5.26 Å². The number of nitrogens with zero attached hydrogens (tertiary/aromatic N) is 2. The molecular weight excluding hydrogens is 238 g/mol. The zero-order valence-corrected chi connectivity index (χ0v) is 11.4. The minimum Gasteiger partial charge on any atom is -0.496 e. The third-order valence-corrected chi connectivity index (χ3v) is 3.13. The van der Waals surface area contributed by atoms with E-state index in [4.69, 9.17) is 10.00 Å². The summed E-state index contributed by atoms with van der Waals surface area (Å²) in [6.45, 7) is 3.89. The van der Waals surface area contributed by atoms with Crippen LogP contribution in [0.1, 0.15) is 28.3 Å². The van der Waals surface area contributed by atoms with Crippen molar-refractivity contribution in [2.75, 3.05) is 7.11 Å². The SMILES string of the molecule is COc1ccc(CCc2[nH]c(C)nc2C#N)cc1C. The lowest BCUT2D eigenvalue weighted by atomic mass is 10.0. The van der Waals surface area contributed by atoms with Crippen LogP contribution in [-0.4, -0.2) is 17.1 Å². The zero-order valence-electron chi connectivity index (χ0n) is 11.4. The molecule has 0 aliphatic heterocycles. The summed E-state index contributed by atoms with van der Waals surface area (Å²) in [4.78, 5) is 7.29. The summed E-state index contributed by atoms with van der Waals surface area (Å²) >= 11 is 0. The van der Waals surface area contributed by atoms with Crippen molar-refractivity contribution >= 4 is 0 Å². The number of imidazole rings is 1. The van der Waals surface area contributed by atoms with E-state index < -0.39 is 0 Å². The van der Waals surface area contributed by atoms with Crippen molar-refractivity contribution < 1.29 is 4.74 Å². The number of nitriles is 1. The number of rotatable bonds is 4. The van der Waals surface area contributed by atoms with Gasteiger partial charge < -0.3 is 9.72 Å². The molecule has 4 nitrogen and oxygen atoms in total. The average molecular weight is 255 g/mol. The van der Waals surface area contributed by atoms with Crippen molar-refractivity contribution in [3.8, 4) is 11.8 Å². The van der Waals surface area contributed by atoms with Crippen LogP contribution in [0.4, 0.5) is 0 Å².